The Hall–Kier alpha value is -2.21. The van der Waals surface area contributed by atoms with Gasteiger partial charge in [0.25, 0.3) is 0 Å². The number of halogens is 2. The second-order valence-electron chi connectivity index (χ2n) is 4.55. The molecule has 0 bridgehead atoms. The second-order valence-corrected chi connectivity index (χ2v) is 5.41. The first-order chi connectivity index (χ1) is 9.95. The second kappa shape index (κ2) is 4.96. The van der Waals surface area contributed by atoms with Gasteiger partial charge >= 0.3 is 5.97 Å². The van der Waals surface area contributed by atoms with E-state index in [-0.39, 0.29) is 10.9 Å². The molecule has 0 spiro atoms. The minimum absolute atomic E-state index is 0.0238. The molecule has 0 saturated heterocycles. The van der Waals surface area contributed by atoms with Crippen molar-refractivity contribution in [3.63, 3.8) is 0 Å². The lowest BCUT2D eigenvalue weighted by atomic mass is 10.1. The summed E-state index contributed by atoms with van der Waals surface area (Å²) in [6, 6.07) is 7.27. The summed E-state index contributed by atoms with van der Waals surface area (Å²) in [6.07, 6.45) is 0. The van der Waals surface area contributed by atoms with Crippen molar-refractivity contribution in [2.45, 2.75) is 6.92 Å². The van der Waals surface area contributed by atoms with E-state index in [1.165, 1.54) is 12.1 Å². The highest BCUT2D eigenvalue weighted by atomic mass is 79.9. The van der Waals surface area contributed by atoms with Gasteiger partial charge in [-0.05, 0) is 53.2 Å². The third-order valence-corrected chi connectivity index (χ3v) is 3.66. The van der Waals surface area contributed by atoms with Gasteiger partial charge in [0.2, 0.25) is 0 Å². The fraction of sp³-hybridized carbons (Fsp3) is 0.0667. The van der Waals surface area contributed by atoms with Gasteiger partial charge in [-0.25, -0.2) is 14.2 Å². The standard InChI is InChI=1S/C15H9BrFNO3/c1-7-2-3-13(21-7)12-6-10(15(19)20)9-4-8(17)5-11(16)14(9)18-12/h2-6H,1H3,(H,19,20). The SMILES string of the molecule is Cc1ccc(-c2cc(C(=O)O)c3cc(F)cc(Br)c3n2)o1. The molecule has 2 heterocycles. The van der Waals surface area contributed by atoms with E-state index in [1.54, 1.807) is 19.1 Å². The van der Waals surface area contributed by atoms with Crippen LogP contribution in [0.15, 0.2) is 39.2 Å². The van der Waals surface area contributed by atoms with E-state index in [0.29, 0.717) is 27.2 Å². The molecule has 1 N–H and O–H groups in total. The number of benzene rings is 1. The average molecular weight is 350 g/mol. The van der Waals surface area contributed by atoms with Crippen LogP contribution in [0.1, 0.15) is 16.1 Å². The van der Waals surface area contributed by atoms with Crippen molar-refractivity contribution in [1.82, 2.24) is 4.98 Å². The number of pyridine rings is 1. The largest absolute Gasteiger partial charge is 0.478 e. The molecule has 2 aromatic heterocycles. The maximum atomic E-state index is 13.5. The minimum atomic E-state index is -1.15. The molecule has 0 unspecified atom stereocenters. The van der Waals surface area contributed by atoms with Crippen LogP contribution in [0.3, 0.4) is 0 Å². The summed E-state index contributed by atoms with van der Waals surface area (Å²) in [7, 11) is 0. The Labute approximate surface area is 127 Å². The first-order valence-corrected chi connectivity index (χ1v) is 6.85. The van der Waals surface area contributed by atoms with Crippen LogP contribution in [0.5, 0.6) is 0 Å². The van der Waals surface area contributed by atoms with E-state index >= 15 is 0 Å². The van der Waals surface area contributed by atoms with Crippen LogP contribution < -0.4 is 0 Å². The maximum absolute atomic E-state index is 13.5. The van der Waals surface area contributed by atoms with Gasteiger partial charge in [0.1, 0.15) is 17.3 Å². The Kier molecular flexibility index (Phi) is 3.25. The maximum Gasteiger partial charge on any atom is 0.336 e. The Bertz CT molecular complexity index is 873. The molecule has 0 aliphatic carbocycles. The topological polar surface area (TPSA) is 63.3 Å². The van der Waals surface area contributed by atoms with Crippen LogP contribution in [0.2, 0.25) is 0 Å². The van der Waals surface area contributed by atoms with Crippen LogP contribution >= 0.6 is 15.9 Å². The molecule has 0 aliphatic heterocycles. The van der Waals surface area contributed by atoms with Crippen molar-refractivity contribution in [3.8, 4) is 11.5 Å². The van der Waals surface area contributed by atoms with Gasteiger partial charge in [-0.3, -0.25) is 0 Å². The number of aryl methyl sites for hydroxylation is 1. The van der Waals surface area contributed by atoms with Gasteiger partial charge in [0.15, 0.2) is 5.76 Å². The fourth-order valence-electron chi connectivity index (χ4n) is 2.13. The predicted molar refractivity (Wildman–Crippen MR) is 78.8 cm³/mol. The zero-order valence-corrected chi connectivity index (χ0v) is 12.4. The Morgan fingerprint density at radius 2 is 2.10 bits per heavy atom. The molecule has 0 amide bonds. The van der Waals surface area contributed by atoms with Crippen LogP contribution in [0, 0.1) is 12.7 Å². The molecule has 21 heavy (non-hydrogen) atoms. The monoisotopic (exact) mass is 349 g/mol. The smallest absolute Gasteiger partial charge is 0.336 e. The third-order valence-electron chi connectivity index (χ3n) is 3.05. The summed E-state index contributed by atoms with van der Waals surface area (Å²) in [5.41, 5.74) is 0.741. The lowest BCUT2D eigenvalue weighted by molar-refractivity contribution is 0.0699. The number of carboxylic acid groups (broad SMARTS) is 1. The normalized spacial score (nSPS) is 11.0. The lowest BCUT2D eigenvalue weighted by Gasteiger charge is -2.07. The highest BCUT2D eigenvalue weighted by Gasteiger charge is 2.17. The van der Waals surface area contributed by atoms with Gasteiger partial charge in [-0.1, -0.05) is 0 Å². The molecule has 1 aromatic carbocycles. The van der Waals surface area contributed by atoms with Crippen molar-refractivity contribution in [2.24, 2.45) is 0 Å². The summed E-state index contributed by atoms with van der Waals surface area (Å²) < 4.78 is 19.4. The number of rotatable bonds is 2. The highest BCUT2D eigenvalue weighted by molar-refractivity contribution is 9.10. The van der Waals surface area contributed by atoms with Crippen molar-refractivity contribution in [3.05, 3.63) is 51.9 Å². The lowest BCUT2D eigenvalue weighted by Crippen LogP contribution is -2.01. The zero-order valence-electron chi connectivity index (χ0n) is 10.9. The third kappa shape index (κ3) is 2.42. The number of carboxylic acids is 1. The van der Waals surface area contributed by atoms with E-state index in [1.807, 2.05) is 0 Å². The number of furan rings is 1. The van der Waals surface area contributed by atoms with Gasteiger partial charge in [0, 0.05) is 9.86 Å². The van der Waals surface area contributed by atoms with Crippen LogP contribution in [0.4, 0.5) is 4.39 Å². The number of hydrogen-bond donors (Lipinski definition) is 1. The molecular weight excluding hydrogens is 341 g/mol. The molecule has 0 saturated carbocycles. The summed E-state index contributed by atoms with van der Waals surface area (Å²) in [6.45, 7) is 1.79. The van der Waals surface area contributed by atoms with E-state index < -0.39 is 11.8 Å². The number of fused-ring (bicyclic) bond motifs is 1. The van der Waals surface area contributed by atoms with Gasteiger partial charge in [0.05, 0.1) is 11.1 Å². The molecule has 0 aliphatic rings. The van der Waals surface area contributed by atoms with Crippen LogP contribution in [0.25, 0.3) is 22.4 Å². The molecule has 0 atom stereocenters. The number of hydrogen-bond acceptors (Lipinski definition) is 3. The quantitative estimate of drug-likeness (QED) is 0.744. The zero-order chi connectivity index (χ0) is 15.1. The molecular formula is C15H9BrFNO3. The van der Waals surface area contributed by atoms with Crippen molar-refractivity contribution < 1.29 is 18.7 Å². The summed E-state index contributed by atoms with van der Waals surface area (Å²) in [5.74, 6) is -0.514. The molecule has 6 heteroatoms. The highest BCUT2D eigenvalue weighted by Crippen LogP contribution is 2.31. The van der Waals surface area contributed by atoms with E-state index in [9.17, 15) is 14.3 Å². The first kappa shape index (κ1) is 13.8. The predicted octanol–water partition coefficient (Wildman–Crippen LogP) is 4.40. The number of aromatic carboxylic acids is 1. The van der Waals surface area contributed by atoms with Crippen molar-refractivity contribution in [2.75, 3.05) is 0 Å². The van der Waals surface area contributed by atoms with Gasteiger partial charge < -0.3 is 9.52 Å². The minimum Gasteiger partial charge on any atom is -0.478 e. The van der Waals surface area contributed by atoms with Gasteiger partial charge in [-0.2, -0.15) is 0 Å². The fourth-order valence-corrected chi connectivity index (χ4v) is 2.65. The van der Waals surface area contributed by atoms with E-state index in [0.717, 1.165) is 6.07 Å². The molecule has 4 nitrogen and oxygen atoms in total. The van der Waals surface area contributed by atoms with E-state index in [2.05, 4.69) is 20.9 Å². The van der Waals surface area contributed by atoms with Crippen LogP contribution in [-0.2, 0) is 0 Å². The van der Waals surface area contributed by atoms with E-state index in [4.69, 9.17) is 4.42 Å². The Morgan fingerprint density at radius 1 is 1.33 bits per heavy atom. The van der Waals surface area contributed by atoms with Crippen molar-refractivity contribution >= 4 is 32.8 Å². The Balaban J connectivity index is 2.37. The molecule has 3 aromatic rings. The Morgan fingerprint density at radius 3 is 2.71 bits per heavy atom. The van der Waals surface area contributed by atoms with Crippen molar-refractivity contribution in [1.29, 1.82) is 0 Å². The summed E-state index contributed by atoms with van der Waals surface area (Å²) >= 11 is 3.22. The average Bonchev–Trinajstić information content (AvgIpc) is 2.84. The number of aromatic nitrogens is 1. The van der Waals surface area contributed by atoms with Gasteiger partial charge in [-0.15, -0.1) is 0 Å². The number of carbonyl (C=O) groups is 1. The number of nitrogens with zero attached hydrogens (tertiary/aromatic N) is 1. The molecule has 3 rings (SSSR count). The summed E-state index contributed by atoms with van der Waals surface area (Å²) in [5, 5.41) is 9.58. The molecule has 0 radical (unpaired) electrons. The molecule has 0 fully saturated rings. The first-order valence-electron chi connectivity index (χ1n) is 6.05. The summed E-state index contributed by atoms with van der Waals surface area (Å²) in [4.78, 5) is 15.8. The molecule has 106 valence electrons. The van der Waals surface area contributed by atoms with Crippen LogP contribution in [-0.4, -0.2) is 16.1 Å².